The first-order valence-corrected chi connectivity index (χ1v) is 11.0. The van der Waals surface area contributed by atoms with E-state index in [0.717, 1.165) is 11.1 Å². The van der Waals surface area contributed by atoms with Gasteiger partial charge in [0.1, 0.15) is 18.2 Å². The van der Waals surface area contributed by atoms with E-state index in [1.807, 2.05) is 44.2 Å². The number of nitriles is 1. The van der Waals surface area contributed by atoms with Crippen molar-refractivity contribution in [1.29, 1.82) is 5.26 Å². The van der Waals surface area contributed by atoms with Crippen molar-refractivity contribution in [2.75, 3.05) is 11.9 Å². The zero-order valence-corrected chi connectivity index (χ0v) is 19.7. The number of anilines is 1. The molecular weight excluding hydrogens is 459 g/mol. The van der Waals surface area contributed by atoms with Gasteiger partial charge in [-0.15, -0.1) is 0 Å². The summed E-state index contributed by atoms with van der Waals surface area (Å²) in [6.45, 7) is 4.39. The van der Waals surface area contributed by atoms with Gasteiger partial charge in [0, 0.05) is 10.6 Å². The van der Waals surface area contributed by atoms with Crippen LogP contribution >= 0.6 is 23.2 Å². The molecule has 0 aliphatic rings. The number of para-hydroxylation sites is 1. The Morgan fingerprint density at radius 1 is 1.03 bits per heavy atom. The topological polar surface area (TPSA) is 71.3 Å². The standard InChI is InChI=1S/C26H22Cl2N2O3/c1-3-32-24-14-18(11-12-23(24)33-16-19-8-4-5-9-21(19)27)13-20(15-29)26(31)30-25-17(2)7-6-10-22(25)28/h4-14H,3,16H2,1-2H3,(H,30,31)/b20-13+. The van der Waals surface area contributed by atoms with Crippen molar-refractivity contribution in [2.45, 2.75) is 20.5 Å². The lowest BCUT2D eigenvalue weighted by Crippen LogP contribution is -2.14. The Balaban J connectivity index is 1.82. The summed E-state index contributed by atoms with van der Waals surface area (Å²) in [5.74, 6) is 0.479. The molecule has 0 bridgehead atoms. The number of ether oxygens (including phenoxy) is 2. The van der Waals surface area contributed by atoms with Crippen molar-refractivity contribution < 1.29 is 14.3 Å². The number of carbonyl (C=O) groups excluding carboxylic acids is 1. The Labute approximate surface area is 203 Å². The molecule has 5 nitrogen and oxygen atoms in total. The molecule has 1 N–H and O–H groups in total. The molecule has 0 aliphatic carbocycles. The zero-order valence-electron chi connectivity index (χ0n) is 18.2. The molecule has 0 saturated heterocycles. The Bertz CT molecular complexity index is 1210. The molecule has 168 valence electrons. The minimum Gasteiger partial charge on any atom is -0.490 e. The van der Waals surface area contributed by atoms with Crippen LogP contribution in [-0.2, 0) is 11.4 Å². The van der Waals surface area contributed by atoms with E-state index in [2.05, 4.69) is 5.32 Å². The van der Waals surface area contributed by atoms with Crippen LogP contribution in [0.15, 0.2) is 66.2 Å². The van der Waals surface area contributed by atoms with Gasteiger partial charge in [-0.2, -0.15) is 5.26 Å². The van der Waals surface area contributed by atoms with Crippen molar-refractivity contribution in [1.82, 2.24) is 0 Å². The van der Waals surface area contributed by atoms with Crippen molar-refractivity contribution in [3.63, 3.8) is 0 Å². The number of benzene rings is 3. The summed E-state index contributed by atoms with van der Waals surface area (Å²) in [4.78, 5) is 12.7. The van der Waals surface area contributed by atoms with Crippen LogP contribution in [0.5, 0.6) is 11.5 Å². The van der Waals surface area contributed by atoms with Gasteiger partial charge in [0.2, 0.25) is 0 Å². The first-order valence-electron chi connectivity index (χ1n) is 10.2. The summed E-state index contributed by atoms with van der Waals surface area (Å²) in [6, 6.07) is 19.9. The lowest BCUT2D eigenvalue weighted by Gasteiger charge is -2.13. The Morgan fingerprint density at radius 3 is 2.48 bits per heavy atom. The van der Waals surface area contributed by atoms with Gasteiger partial charge in [-0.1, -0.05) is 59.6 Å². The van der Waals surface area contributed by atoms with Crippen molar-refractivity contribution in [2.24, 2.45) is 0 Å². The minimum atomic E-state index is -0.550. The third-order valence-corrected chi connectivity index (χ3v) is 5.43. The van der Waals surface area contributed by atoms with E-state index in [1.165, 1.54) is 6.08 Å². The van der Waals surface area contributed by atoms with E-state index in [-0.39, 0.29) is 12.2 Å². The smallest absolute Gasteiger partial charge is 0.266 e. The zero-order chi connectivity index (χ0) is 23.8. The maximum atomic E-state index is 12.7. The Kier molecular flexibility index (Phi) is 8.37. The second kappa shape index (κ2) is 11.4. The van der Waals surface area contributed by atoms with Crippen LogP contribution in [0.25, 0.3) is 6.08 Å². The first kappa shape index (κ1) is 24.2. The minimum absolute atomic E-state index is 0.0681. The van der Waals surface area contributed by atoms with E-state index in [1.54, 1.807) is 36.4 Å². The summed E-state index contributed by atoms with van der Waals surface area (Å²) in [7, 11) is 0. The van der Waals surface area contributed by atoms with Gasteiger partial charge >= 0.3 is 0 Å². The molecule has 0 fully saturated rings. The van der Waals surface area contributed by atoms with Gasteiger partial charge in [-0.05, 0) is 55.3 Å². The summed E-state index contributed by atoms with van der Waals surface area (Å²) < 4.78 is 11.6. The van der Waals surface area contributed by atoms with Gasteiger partial charge in [0.25, 0.3) is 5.91 Å². The van der Waals surface area contributed by atoms with Crippen LogP contribution in [0.3, 0.4) is 0 Å². The molecule has 0 saturated carbocycles. The number of carbonyl (C=O) groups is 1. The van der Waals surface area contributed by atoms with Gasteiger partial charge in [0.05, 0.1) is 17.3 Å². The predicted molar refractivity (Wildman–Crippen MR) is 132 cm³/mol. The number of nitrogens with zero attached hydrogens (tertiary/aromatic N) is 1. The van der Waals surface area contributed by atoms with Crippen LogP contribution < -0.4 is 14.8 Å². The molecule has 0 heterocycles. The van der Waals surface area contributed by atoms with E-state index in [4.69, 9.17) is 32.7 Å². The van der Waals surface area contributed by atoms with Gasteiger partial charge < -0.3 is 14.8 Å². The number of nitrogens with one attached hydrogen (secondary N) is 1. The molecule has 3 aromatic carbocycles. The summed E-state index contributed by atoms with van der Waals surface area (Å²) in [5, 5.41) is 13.3. The van der Waals surface area contributed by atoms with Crippen LogP contribution in [0.1, 0.15) is 23.6 Å². The van der Waals surface area contributed by atoms with E-state index in [9.17, 15) is 10.1 Å². The van der Waals surface area contributed by atoms with Crippen molar-refractivity contribution in [3.8, 4) is 17.6 Å². The van der Waals surface area contributed by atoms with Crippen LogP contribution in [0, 0.1) is 18.3 Å². The fourth-order valence-corrected chi connectivity index (χ4v) is 3.52. The number of hydrogen-bond acceptors (Lipinski definition) is 4. The number of amides is 1. The molecule has 0 radical (unpaired) electrons. The molecule has 3 aromatic rings. The van der Waals surface area contributed by atoms with Crippen LogP contribution in [0.2, 0.25) is 10.0 Å². The Morgan fingerprint density at radius 2 is 1.79 bits per heavy atom. The number of halogens is 2. The molecule has 33 heavy (non-hydrogen) atoms. The van der Waals surface area contributed by atoms with E-state index >= 15 is 0 Å². The highest BCUT2D eigenvalue weighted by atomic mass is 35.5. The van der Waals surface area contributed by atoms with Gasteiger partial charge in [-0.25, -0.2) is 0 Å². The normalized spacial score (nSPS) is 10.9. The third-order valence-electron chi connectivity index (χ3n) is 4.75. The van der Waals surface area contributed by atoms with E-state index in [0.29, 0.717) is 39.4 Å². The second-order valence-electron chi connectivity index (χ2n) is 7.07. The molecule has 7 heteroatoms. The lowest BCUT2D eigenvalue weighted by molar-refractivity contribution is -0.112. The van der Waals surface area contributed by atoms with Gasteiger partial charge in [-0.3, -0.25) is 4.79 Å². The molecule has 3 rings (SSSR count). The first-order chi connectivity index (χ1) is 15.9. The SMILES string of the molecule is CCOc1cc(/C=C(\C#N)C(=O)Nc2c(C)cccc2Cl)ccc1OCc1ccccc1Cl. The monoisotopic (exact) mass is 480 g/mol. The quantitative estimate of drug-likeness (QED) is 0.283. The highest BCUT2D eigenvalue weighted by Gasteiger charge is 2.14. The fourth-order valence-electron chi connectivity index (χ4n) is 3.06. The molecular formula is C26H22Cl2N2O3. The lowest BCUT2D eigenvalue weighted by atomic mass is 10.1. The molecule has 0 aromatic heterocycles. The average Bonchev–Trinajstić information content (AvgIpc) is 2.80. The fraction of sp³-hybridized carbons (Fsp3) is 0.154. The molecule has 0 aliphatic heterocycles. The number of aryl methyl sites for hydroxylation is 1. The second-order valence-corrected chi connectivity index (χ2v) is 7.89. The molecule has 0 spiro atoms. The molecule has 1 amide bonds. The summed E-state index contributed by atoms with van der Waals surface area (Å²) in [6.07, 6.45) is 1.49. The Hall–Kier alpha value is -3.46. The average molecular weight is 481 g/mol. The highest BCUT2D eigenvalue weighted by molar-refractivity contribution is 6.34. The third kappa shape index (κ3) is 6.29. The maximum Gasteiger partial charge on any atom is 0.266 e. The molecule has 0 atom stereocenters. The largest absolute Gasteiger partial charge is 0.490 e. The number of rotatable bonds is 8. The van der Waals surface area contributed by atoms with Crippen molar-refractivity contribution >= 4 is 40.9 Å². The van der Waals surface area contributed by atoms with Gasteiger partial charge in [0.15, 0.2) is 11.5 Å². The summed E-state index contributed by atoms with van der Waals surface area (Å²) in [5.41, 5.74) is 2.67. The maximum absolute atomic E-state index is 12.7. The number of hydrogen-bond donors (Lipinski definition) is 1. The van der Waals surface area contributed by atoms with E-state index < -0.39 is 5.91 Å². The van der Waals surface area contributed by atoms with Crippen LogP contribution in [0.4, 0.5) is 5.69 Å². The highest BCUT2D eigenvalue weighted by Crippen LogP contribution is 2.31. The van der Waals surface area contributed by atoms with Crippen molar-refractivity contribution in [3.05, 3.63) is 93.0 Å². The summed E-state index contributed by atoms with van der Waals surface area (Å²) >= 11 is 12.4. The predicted octanol–water partition coefficient (Wildman–Crippen LogP) is 6.83. The van der Waals surface area contributed by atoms with Crippen LogP contribution in [-0.4, -0.2) is 12.5 Å². The molecule has 0 unspecified atom stereocenters.